The smallest absolute Gasteiger partial charge is 0.226 e. The predicted molar refractivity (Wildman–Crippen MR) is 116 cm³/mol. The highest BCUT2D eigenvalue weighted by atomic mass is 32.1. The van der Waals surface area contributed by atoms with E-state index >= 15 is 0 Å². The standard InChI is InChI=1S/C22H25FN4O3S/c1-14-10-27(11-15(2)29-14)12-16-13-31-22(25-16)26-20(28)7-8-21-24-9-19(30-21)17-5-3-4-6-18(17)23/h3-6,9,13-15H,7-8,10-12H2,1-2H3,(H,25,26,28). The van der Waals surface area contributed by atoms with Crippen LogP contribution >= 0.6 is 11.3 Å². The van der Waals surface area contributed by atoms with E-state index in [-0.39, 0.29) is 30.4 Å². The van der Waals surface area contributed by atoms with Crippen molar-refractivity contribution >= 4 is 22.4 Å². The van der Waals surface area contributed by atoms with Crippen LogP contribution in [0.5, 0.6) is 0 Å². The number of thiazole rings is 1. The number of morpholine rings is 1. The van der Waals surface area contributed by atoms with Gasteiger partial charge in [-0.15, -0.1) is 11.3 Å². The van der Waals surface area contributed by atoms with Gasteiger partial charge in [0.05, 0.1) is 29.7 Å². The Bertz CT molecular complexity index is 1030. The summed E-state index contributed by atoms with van der Waals surface area (Å²) in [5.41, 5.74) is 1.29. The average molecular weight is 445 g/mol. The maximum atomic E-state index is 13.9. The van der Waals surface area contributed by atoms with Crippen molar-refractivity contribution in [1.29, 1.82) is 0 Å². The van der Waals surface area contributed by atoms with Crippen LogP contribution in [0.3, 0.4) is 0 Å². The average Bonchev–Trinajstić information content (AvgIpc) is 3.35. The zero-order valence-corrected chi connectivity index (χ0v) is 18.3. The molecule has 1 fully saturated rings. The molecule has 1 aromatic carbocycles. The molecule has 0 radical (unpaired) electrons. The van der Waals surface area contributed by atoms with Crippen LogP contribution in [0.4, 0.5) is 9.52 Å². The number of rotatable bonds is 7. The van der Waals surface area contributed by atoms with E-state index in [9.17, 15) is 9.18 Å². The van der Waals surface area contributed by atoms with Gasteiger partial charge < -0.3 is 14.5 Å². The van der Waals surface area contributed by atoms with Gasteiger partial charge in [-0.3, -0.25) is 9.69 Å². The Morgan fingerprint density at radius 3 is 2.84 bits per heavy atom. The van der Waals surface area contributed by atoms with E-state index in [1.54, 1.807) is 18.2 Å². The number of carbonyl (C=O) groups is 1. The molecule has 2 aromatic heterocycles. The first-order chi connectivity index (χ1) is 15.0. The van der Waals surface area contributed by atoms with Gasteiger partial charge in [-0.25, -0.2) is 14.4 Å². The molecule has 0 bridgehead atoms. The van der Waals surface area contributed by atoms with Gasteiger partial charge in [0.25, 0.3) is 0 Å². The van der Waals surface area contributed by atoms with Gasteiger partial charge in [0.15, 0.2) is 16.8 Å². The van der Waals surface area contributed by atoms with E-state index in [4.69, 9.17) is 9.15 Å². The fraction of sp³-hybridized carbons (Fsp3) is 0.409. The van der Waals surface area contributed by atoms with Crippen LogP contribution in [-0.4, -0.2) is 46.1 Å². The van der Waals surface area contributed by atoms with E-state index in [2.05, 4.69) is 34.0 Å². The minimum absolute atomic E-state index is 0.167. The molecule has 1 aliphatic heterocycles. The number of nitrogens with zero attached hydrogens (tertiary/aromatic N) is 3. The third-order valence-corrected chi connectivity index (χ3v) is 5.74. The zero-order chi connectivity index (χ0) is 21.8. The van der Waals surface area contributed by atoms with Crippen molar-refractivity contribution < 1.29 is 18.3 Å². The Morgan fingerprint density at radius 2 is 2.06 bits per heavy atom. The fourth-order valence-corrected chi connectivity index (χ4v) is 4.41. The van der Waals surface area contributed by atoms with Crippen LogP contribution in [0.15, 0.2) is 40.3 Å². The van der Waals surface area contributed by atoms with Gasteiger partial charge in [0.2, 0.25) is 5.91 Å². The molecule has 0 aliphatic carbocycles. The van der Waals surface area contributed by atoms with E-state index in [1.807, 2.05) is 5.38 Å². The first kappa shape index (κ1) is 21.6. The van der Waals surface area contributed by atoms with Gasteiger partial charge in [0, 0.05) is 37.9 Å². The van der Waals surface area contributed by atoms with Gasteiger partial charge in [0.1, 0.15) is 5.82 Å². The number of oxazole rings is 1. The summed E-state index contributed by atoms with van der Waals surface area (Å²) < 4.78 is 25.2. The quantitative estimate of drug-likeness (QED) is 0.591. The number of nitrogens with one attached hydrogen (secondary N) is 1. The lowest BCUT2D eigenvalue weighted by Gasteiger charge is -2.34. The number of amides is 1. The molecule has 3 heterocycles. The van der Waals surface area contributed by atoms with Crippen molar-refractivity contribution in [2.24, 2.45) is 0 Å². The molecule has 2 atom stereocenters. The van der Waals surface area contributed by atoms with E-state index in [0.717, 1.165) is 25.3 Å². The normalized spacial score (nSPS) is 19.5. The number of hydrogen-bond acceptors (Lipinski definition) is 7. The molecule has 164 valence electrons. The molecule has 0 spiro atoms. The Morgan fingerprint density at radius 1 is 1.29 bits per heavy atom. The molecular formula is C22H25FN4O3S. The minimum atomic E-state index is -0.372. The Hall–Kier alpha value is -2.62. The summed E-state index contributed by atoms with van der Waals surface area (Å²) >= 11 is 1.41. The van der Waals surface area contributed by atoms with Crippen molar-refractivity contribution in [2.75, 3.05) is 18.4 Å². The molecule has 3 aromatic rings. The SMILES string of the molecule is CC1CN(Cc2csc(NC(=O)CCc3ncc(-c4ccccc4F)o3)n2)CC(C)O1. The number of aryl methyl sites for hydroxylation is 1. The molecule has 31 heavy (non-hydrogen) atoms. The number of benzene rings is 1. The second-order valence-corrected chi connectivity index (χ2v) is 8.60. The second kappa shape index (κ2) is 9.67. The number of carbonyl (C=O) groups excluding carboxylic acids is 1. The van der Waals surface area contributed by atoms with Crippen molar-refractivity contribution in [3.05, 3.63) is 53.2 Å². The molecular weight excluding hydrogens is 419 g/mol. The van der Waals surface area contributed by atoms with Crippen LogP contribution in [0.1, 0.15) is 31.9 Å². The summed E-state index contributed by atoms with van der Waals surface area (Å²) in [6.07, 6.45) is 2.41. The lowest BCUT2D eigenvalue weighted by Crippen LogP contribution is -2.44. The van der Waals surface area contributed by atoms with Gasteiger partial charge in [-0.05, 0) is 26.0 Å². The summed E-state index contributed by atoms with van der Waals surface area (Å²) in [6.45, 7) is 6.62. The lowest BCUT2D eigenvalue weighted by molar-refractivity contribution is -0.116. The molecule has 1 N–H and O–H groups in total. The van der Waals surface area contributed by atoms with Crippen LogP contribution in [-0.2, 0) is 22.5 Å². The summed E-state index contributed by atoms with van der Waals surface area (Å²) in [7, 11) is 0. The molecule has 0 saturated carbocycles. The van der Waals surface area contributed by atoms with Crippen molar-refractivity contribution in [1.82, 2.24) is 14.9 Å². The van der Waals surface area contributed by atoms with E-state index < -0.39 is 0 Å². The van der Waals surface area contributed by atoms with E-state index in [0.29, 0.717) is 28.8 Å². The maximum Gasteiger partial charge on any atom is 0.226 e. The molecule has 9 heteroatoms. The van der Waals surface area contributed by atoms with Crippen molar-refractivity contribution in [3.63, 3.8) is 0 Å². The fourth-order valence-electron chi connectivity index (χ4n) is 3.69. The molecule has 4 rings (SSSR count). The summed E-state index contributed by atoms with van der Waals surface area (Å²) in [5.74, 6) is 0.206. The van der Waals surface area contributed by atoms with Gasteiger partial charge in [-0.2, -0.15) is 0 Å². The summed E-state index contributed by atoms with van der Waals surface area (Å²) in [6, 6.07) is 6.35. The monoisotopic (exact) mass is 444 g/mol. The number of hydrogen-bond donors (Lipinski definition) is 1. The van der Waals surface area contributed by atoms with Gasteiger partial charge in [-0.1, -0.05) is 12.1 Å². The molecule has 1 saturated heterocycles. The van der Waals surface area contributed by atoms with Crippen LogP contribution < -0.4 is 5.32 Å². The summed E-state index contributed by atoms with van der Waals surface area (Å²) in [5, 5.41) is 5.38. The highest BCUT2D eigenvalue weighted by molar-refractivity contribution is 7.13. The Kier molecular flexibility index (Phi) is 6.74. The predicted octanol–water partition coefficient (Wildman–Crippen LogP) is 4.12. The topological polar surface area (TPSA) is 80.5 Å². The molecule has 2 unspecified atom stereocenters. The lowest BCUT2D eigenvalue weighted by atomic mass is 10.2. The Labute approximate surface area is 184 Å². The van der Waals surface area contributed by atoms with Crippen molar-refractivity contribution in [2.45, 2.75) is 45.4 Å². The first-order valence-corrected chi connectivity index (χ1v) is 11.2. The number of halogens is 1. The number of anilines is 1. The molecule has 1 aliphatic rings. The van der Waals surface area contributed by atoms with Crippen LogP contribution in [0, 0.1) is 5.82 Å². The summed E-state index contributed by atoms with van der Waals surface area (Å²) in [4.78, 5) is 23.3. The minimum Gasteiger partial charge on any atom is -0.441 e. The highest BCUT2D eigenvalue weighted by Crippen LogP contribution is 2.24. The molecule has 7 nitrogen and oxygen atoms in total. The maximum absolute atomic E-state index is 13.9. The zero-order valence-electron chi connectivity index (χ0n) is 17.5. The van der Waals surface area contributed by atoms with Gasteiger partial charge >= 0.3 is 0 Å². The third-order valence-electron chi connectivity index (χ3n) is 4.94. The third kappa shape index (κ3) is 5.75. The number of ether oxygens (including phenoxy) is 1. The Balaban J connectivity index is 1.27. The largest absolute Gasteiger partial charge is 0.441 e. The number of aromatic nitrogens is 2. The van der Waals surface area contributed by atoms with E-state index in [1.165, 1.54) is 23.6 Å². The van der Waals surface area contributed by atoms with Crippen LogP contribution in [0.25, 0.3) is 11.3 Å². The second-order valence-electron chi connectivity index (χ2n) is 7.74. The highest BCUT2D eigenvalue weighted by Gasteiger charge is 2.23. The molecule has 1 amide bonds. The first-order valence-electron chi connectivity index (χ1n) is 10.3. The van der Waals surface area contributed by atoms with Crippen molar-refractivity contribution in [3.8, 4) is 11.3 Å². The van der Waals surface area contributed by atoms with Crippen LogP contribution in [0.2, 0.25) is 0 Å².